The lowest BCUT2D eigenvalue weighted by Gasteiger charge is -2.42. The number of rotatable bonds is 6. The maximum absolute atomic E-state index is 7.15. The van der Waals surface area contributed by atoms with Crippen molar-refractivity contribution in [1.82, 2.24) is 19.5 Å². The van der Waals surface area contributed by atoms with Crippen LogP contribution in [0.1, 0.15) is 25.0 Å². The van der Waals surface area contributed by atoms with Crippen LogP contribution in [0.25, 0.3) is 94.7 Å². The van der Waals surface area contributed by atoms with Crippen LogP contribution in [0.3, 0.4) is 0 Å². The number of hydrogen-bond acceptors (Lipinski definition) is 5. The molecule has 6 nitrogen and oxygen atoms in total. The van der Waals surface area contributed by atoms with Crippen molar-refractivity contribution in [1.29, 1.82) is 0 Å². The number of furan rings is 1. The smallest absolute Gasteiger partial charge is 0.167 e. The molecule has 0 saturated heterocycles. The molecule has 0 N–H and O–H groups in total. The van der Waals surface area contributed by atoms with E-state index >= 15 is 0 Å². The van der Waals surface area contributed by atoms with Crippen LogP contribution in [-0.4, -0.2) is 19.5 Å². The SMILES string of the molecule is CC1(C)c2ccccc2N(c2cccc3c2oc2c(-c4nc(-c5ccccc5)nc(-c5ccccc5)n4)cccc23)c2ccc(-c3ccc4c(c3)c3ccccc3n4-c3ccccc3)cc21. The van der Waals surface area contributed by atoms with Gasteiger partial charge in [0.05, 0.1) is 33.7 Å². The van der Waals surface area contributed by atoms with Gasteiger partial charge in [-0.05, 0) is 82.9 Å². The van der Waals surface area contributed by atoms with Crippen LogP contribution in [0.4, 0.5) is 17.1 Å². The second-order valence-electron chi connectivity index (χ2n) is 17.6. The van der Waals surface area contributed by atoms with Gasteiger partial charge in [0.15, 0.2) is 23.1 Å². The van der Waals surface area contributed by atoms with Gasteiger partial charge in [-0.1, -0.05) is 166 Å². The lowest BCUT2D eigenvalue weighted by atomic mass is 9.73. The highest BCUT2D eigenvalue weighted by atomic mass is 16.3. The molecule has 0 bridgehead atoms. The van der Waals surface area contributed by atoms with Crippen LogP contribution in [0, 0.1) is 0 Å². The first-order valence-corrected chi connectivity index (χ1v) is 22.4. The standard InChI is InChI=1S/C60H41N5O/c1-60(2)48-28-13-15-30-52(48)65(53-35-33-41(37-49(53)60)40-32-34-51-47(36-40)43-24-12-14-29-50(43)64(51)42-22-10-5-11-23-42)54-31-17-26-45-44-25-16-27-46(55(44)66-56(45)54)59-62-57(38-18-6-3-7-19-38)61-58(63-59)39-20-8-4-9-21-39/h3-37H,1-2H3. The van der Waals surface area contributed by atoms with Gasteiger partial charge in [0, 0.05) is 43.8 Å². The summed E-state index contributed by atoms with van der Waals surface area (Å²) in [5.74, 6) is 1.77. The van der Waals surface area contributed by atoms with Gasteiger partial charge in [0.25, 0.3) is 0 Å². The molecule has 1 aliphatic heterocycles. The van der Waals surface area contributed by atoms with E-state index in [2.05, 4.69) is 175 Å². The Hall–Kier alpha value is -8.61. The lowest BCUT2D eigenvalue weighted by Crippen LogP contribution is -2.30. The highest BCUT2D eigenvalue weighted by molar-refractivity contribution is 6.14. The van der Waals surface area contributed by atoms with Gasteiger partial charge in [-0.3, -0.25) is 0 Å². The van der Waals surface area contributed by atoms with Gasteiger partial charge in [0.1, 0.15) is 5.58 Å². The molecule has 0 amide bonds. The number of hydrogen-bond donors (Lipinski definition) is 0. The maximum Gasteiger partial charge on any atom is 0.167 e. The Labute approximate surface area is 381 Å². The molecule has 66 heavy (non-hydrogen) atoms. The van der Waals surface area contributed by atoms with Gasteiger partial charge in [0.2, 0.25) is 0 Å². The van der Waals surface area contributed by atoms with Crippen LogP contribution in [-0.2, 0) is 5.41 Å². The second kappa shape index (κ2) is 14.7. The molecular formula is C60H41N5O. The summed E-state index contributed by atoms with van der Waals surface area (Å²) in [6.45, 7) is 4.69. The fourth-order valence-corrected chi connectivity index (χ4v) is 10.2. The van der Waals surface area contributed by atoms with Crippen molar-refractivity contribution in [3.8, 4) is 51.0 Å². The summed E-state index contributed by atoms with van der Waals surface area (Å²) >= 11 is 0. The molecule has 0 unspecified atom stereocenters. The highest BCUT2D eigenvalue weighted by Gasteiger charge is 2.38. The highest BCUT2D eigenvalue weighted by Crippen LogP contribution is 2.54. The summed E-state index contributed by atoms with van der Waals surface area (Å²) in [4.78, 5) is 17.5. The number of aromatic nitrogens is 4. The molecule has 1 aliphatic rings. The molecule has 4 heterocycles. The number of benzene rings is 9. The van der Waals surface area contributed by atoms with Crippen LogP contribution >= 0.6 is 0 Å². The van der Waals surface area contributed by atoms with Crippen LogP contribution in [0.2, 0.25) is 0 Å². The molecule has 0 radical (unpaired) electrons. The summed E-state index contributed by atoms with van der Waals surface area (Å²) in [5.41, 5.74) is 15.5. The fourth-order valence-electron chi connectivity index (χ4n) is 10.2. The molecule has 13 rings (SSSR count). The van der Waals surface area contributed by atoms with E-state index in [0.29, 0.717) is 17.5 Å². The molecule has 0 atom stereocenters. The van der Waals surface area contributed by atoms with E-state index in [0.717, 1.165) is 61.4 Å². The zero-order valence-electron chi connectivity index (χ0n) is 36.4. The van der Waals surface area contributed by atoms with E-state index in [-0.39, 0.29) is 5.41 Å². The average molecular weight is 848 g/mol. The van der Waals surface area contributed by atoms with Crippen molar-refractivity contribution in [2.45, 2.75) is 19.3 Å². The second-order valence-corrected chi connectivity index (χ2v) is 17.6. The Morgan fingerprint density at radius 3 is 1.68 bits per heavy atom. The summed E-state index contributed by atoms with van der Waals surface area (Å²) in [7, 11) is 0. The third kappa shape index (κ3) is 5.85. The first-order chi connectivity index (χ1) is 32.5. The van der Waals surface area contributed by atoms with Crippen molar-refractivity contribution >= 4 is 60.8 Å². The third-order valence-corrected chi connectivity index (χ3v) is 13.4. The topological polar surface area (TPSA) is 60.0 Å². The summed E-state index contributed by atoms with van der Waals surface area (Å²) in [6, 6.07) is 74.9. The molecule has 0 spiro atoms. The van der Waals surface area contributed by atoms with Crippen molar-refractivity contribution in [3.05, 3.63) is 223 Å². The predicted molar refractivity (Wildman–Crippen MR) is 270 cm³/mol. The summed E-state index contributed by atoms with van der Waals surface area (Å²) < 4.78 is 9.52. The summed E-state index contributed by atoms with van der Waals surface area (Å²) in [5, 5.41) is 4.49. The molecule has 6 heteroatoms. The number of anilines is 3. The van der Waals surface area contributed by atoms with Crippen molar-refractivity contribution in [3.63, 3.8) is 0 Å². The maximum atomic E-state index is 7.15. The predicted octanol–water partition coefficient (Wildman–Crippen LogP) is 15.6. The van der Waals surface area contributed by atoms with E-state index in [1.165, 1.54) is 44.1 Å². The molecule has 12 aromatic rings. The average Bonchev–Trinajstić information content (AvgIpc) is 3.93. The first-order valence-electron chi connectivity index (χ1n) is 22.4. The van der Waals surface area contributed by atoms with Crippen molar-refractivity contribution in [2.75, 3.05) is 4.90 Å². The quantitative estimate of drug-likeness (QED) is 0.167. The van der Waals surface area contributed by atoms with Gasteiger partial charge < -0.3 is 13.9 Å². The van der Waals surface area contributed by atoms with Gasteiger partial charge in [-0.25, -0.2) is 15.0 Å². The van der Waals surface area contributed by atoms with Crippen LogP contribution in [0.15, 0.2) is 217 Å². The molecule has 3 aromatic heterocycles. The monoisotopic (exact) mass is 847 g/mol. The van der Waals surface area contributed by atoms with Crippen LogP contribution < -0.4 is 4.90 Å². The Kier molecular flexibility index (Phi) is 8.46. The van der Waals surface area contributed by atoms with Crippen molar-refractivity contribution in [2.24, 2.45) is 0 Å². The zero-order valence-corrected chi connectivity index (χ0v) is 36.4. The Balaban J connectivity index is 0.977. The van der Waals surface area contributed by atoms with E-state index < -0.39 is 0 Å². The first kappa shape index (κ1) is 37.9. The van der Waals surface area contributed by atoms with Gasteiger partial charge in [-0.2, -0.15) is 0 Å². The van der Waals surface area contributed by atoms with E-state index in [1.807, 2.05) is 60.7 Å². The third-order valence-electron chi connectivity index (χ3n) is 13.4. The van der Waals surface area contributed by atoms with E-state index in [9.17, 15) is 0 Å². The zero-order chi connectivity index (χ0) is 43.9. The van der Waals surface area contributed by atoms with Crippen molar-refractivity contribution < 1.29 is 4.42 Å². The van der Waals surface area contributed by atoms with E-state index in [1.54, 1.807) is 0 Å². The Bertz CT molecular complexity index is 3790. The molecule has 0 saturated carbocycles. The van der Waals surface area contributed by atoms with Gasteiger partial charge >= 0.3 is 0 Å². The largest absolute Gasteiger partial charge is 0.453 e. The number of nitrogens with zero attached hydrogens (tertiary/aromatic N) is 5. The van der Waals surface area contributed by atoms with E-state index in [4.69, 9.17) is 19.4 Å². The molecule has 312 valence electrons. The Morgan fingerprint density at radius 2 is 0.924 bits per heavy atom. The fraction of sp³-hybridized carbons (Fsp3) is 0.0500. The molecular weight excluding hydrogens is 807 g/mol. The minimum absolute atomic E-state index is 0.299. The molecule has 0 fully saturated rings. The molecule has 9 aromatic carbocycles. The molecule has 0 aliphatic carbocycles. The van der Waals surface area contributed by atoms with Gasteiger partial charge in [-0.15, -0.1) is 0 Å². The number of fused-ring (bicyclic) bond motifs is 8. The lowest BCUT2D eigenvalue weighted by molar-refractivity contribution is 0.631. The Morgan fingerprint density at radius 1 is 0.379 bits per heavy atom. The minimum Gasteiger partial charge on any atom is -0.453 e. The summed E-state index contributed by atoms with van der Waals surface area (Å²) in [6.07, 6.45) is 0. The number of para-hydroxylation sites is 5. The normalized spacial score (nSPS) is 13.1. The minimum atomic E-state index is -0.299. The van der Waals surface area contributed by atoms with Crippen LogP contribution in [0.5, 0.6) is 0 Å².